The Bertz CT molecular complexity index is 369. The summed E-state index contributed by atoms with van der Waals surface area (Å²) in [5.41, 5.74) is 0. The van der Waals surface area contributed by atoms with Crippen LogP contribution in [0.1, 0.15) is 19.3 Å². The van der Waals surface area contributed by atoms with Gasteiger partial charge in [0.05, 0.1) is 0 Å². The van der Waals surface area contributed by atoms with E-state index >= 15 is 0 Å². The molecule has 0 aromatic rings. The van der Waals surface area contributed by atoms with Crippen LogP contribution in [-0.2, 0) is 9.59 Å². The summed E-state index contributed by atoms with van der Waals surface area (Å²) in [6.45, 7) is -0.289. The lowest BCUT2D eigenvalue weighted by Gasteiger charge is -2.36. The number of piperidine rings is 1. The van der Waals surface area contributed by atoms with Gasteiger partial charge in [0.1, 0.15) is 6.04 Å². The van der Waals surface area contributed by atoms with Gasteiger partial charge in [-0.05, 0) is 19.3 Å². The van der Waals surface area contributed by atoms with E-state index in [2.05, 4.69) is 5.32 Å². The van der Waals surface area contributed by atoms with Gasteiger partial charge in [0.2, 0.25) is 5.91 Å². The summed E-state index contributed by atoms with van der Waals surface area (Å²) in [5, 5.41) is 2.15. The van der Waals surface area contributed by atoms with Crippen LogP contribution in [0.4, 0.5) is 22.0 Å². The lowest BCUT2D eigenvalue weighted by molar-refractivity contribution is -0.275. The molecule has 0 saturated carbocycles. The second-order valence-corrected chi connectivity index (χ2v) is 4.20. The number of halogens is 5. The molecular weight excluding hydrogens is 275 g/mol. The fourth-order valence-electron chi connectivity index (χ4n) is 1.92. The number of hydrogen-bond donors (Lipinski definition) is 1. The van der Waals surface area contributed by atoms with Gasteiger partial charge in [0.25, 0.3) is 0 Å². The largest absolute Gasteiger partial charge is 0.463 e. The zero-order chi connectivity index (χ0) is 14.8. The number of alkyl halides is 5. The topological polar surface area (TPSA) is 49.4 Å². The number of hydrogen-bond acceptors (Lipinski definition) is 2. The van der Waals surface area contributed by atoms with Crippen molar-refractivity contribution < 1.29 is 31.5 Å². The molecule has 1 atom stereocenters. The van der Waals surface area contributed by atoms with E-state index in [9.17, 15) is 31.5 Å². The van der Waals surface area contributed by atoms with Crippen molar-refractivity contribution in [1.29, 1.82) is 0 Å². The molecule has 1 saturated heterocycles. The smallest absolute Gasteiger partial charge is 0.357 e. The second-order valence-electron chi connectivity index (χ2n) is 4.20. The number of nitrogens with one attached hydrogen (secondary N) is 1. The summed E-state index contributed by atoms with van der Waals surface area (Å²) < 4.78 is 62.5. The highest BCUT2D eigenvalue weighted by Gasteiger charge is 2.65. The van der Waals surface area contributed by atoms with E-state index in [0.29, 0.717) is 11.3 Å². The van der Waals surface area contributed by atoms with Crippen molar-refractivity contribution in [2.75, 3.05) is 13.6 Å². The quantitative estimate of drug-likeness (QED) is 0.779. The normalized spacial score (nSPS) is 21.2. The number of likely N-dealkylation sites (tertiary alicyclic amines) is 1. The van der Waals surface area contributed by atoms with Crippen LogP contribution in [0.15, 0.2) is 0 Å². The molecule has 0 aliphatic carbocycles. The maximum Gasteiger partial charge on any atom is 0.463 e. The van der Waals surface area contributed by atoms with Gasteiger partial charge >= 0.3 is 18.0 Å². The zero-order valence-electron chi connectivity index (χ0n) is 10.1. The monoisotopic (exact) mass is 288 g/mol. The van der Waals surface area contributed by atoms with Crippen molar-refractivity contribution in [1.82, 2.24) is 10.2 Å². The van der Waals surface area contributed by atoms with E-state index in [-0.39, 0.29) is 19.4 Å². The molecule has 110 valence electrons. The van der Waals surface area contributed by atoms with Crippen LogP contribution in [-0.4, -0.2) is 48.4 Å². The predicted molar refractivity (Wildman–Crippen MR) is 54.4 cm³/mol. The predicted octanol–water partition coefficient (Wildman–Crippen LogP) is 1.31. The van der Waals surface area contributed by atoms with Crippen LogP contribution in [0.3, 0.4) is 0 Å². The molecule has 0 bridgehead atoms. The Morgan fingerprint density at radius 1 is 1.16 bits per heavy atom. The first kappa shape index (κ1) is 15.6. The summed E-state index contributed by atoms with van der Waals surface area (Å²) in [6.07, 6.45) is -5.12. The number of amides is 2. The van der Waals surface area contributed by atoms with Crippen LogP contribution in [0.2, 0.25) is 0 Å². The number of likely N-dealkylation sites (N-methyl/N-ethyl adjacent to an activating group) is 1. The number of carbonyl (C=O) groups excluding carboxylic acids is 2. The van der Waals surface area contributed by atoms with Crippen LogP contribution in [0.25, 0.3) is 0 Å². The molecule has 1 aliphatic rings. The first-order chi connectivity index (χ1) is 8.63. The lowest BCUT2D eigenvalue weighted by Crippen LogP contribution is -2.59. The standard InChI is InChI=1S/C10H13F5N2O2/c1-16-7(18)6-4-2-3-5-17(6)8(19)9(11,12)10(13,14)15/h6H,2-5H2,1H3,(H,16,18). The fraction of sp³-hybridized carbons (Fsp3) is 0.800. The number of carbonyl (C=O) groups is 2. The summed E-state index contributed by atoms with van der Waals surface area (Å²) in [4.78, 5) is 23.1. The summed E-state index contributed by atoms with van der Waals surface area (Å²) in [7, 11) is 1.22. The van der Waals surface area contributed by atoms with Crippen LogP contribution < -0.4 is 5.32 Å². The third-order valence-corrected chi connectivity index (χ3v) is 2.94. The van der Waals surface area contributed by atoms with Crippen LogP contribution >= 0.6 is 0 Å². The summed E-state index contributed by atoms with van der Waals surface area (Å²) >= 11 is 0. The molecule has 2 amide bonds. The van der Waals surface area contributed by atoms with Gasteiger partial charge in [-0.3, -0.25) is 9.59 Å². The van der Waals surface area contributed by atoms with E-state index in [1.54, 1.807) is 0 Å². The maximum absolute atomic E-state index is 13.0. The average Bonchev–Trinajstić information content (AvgIpc) is 2.35. The molecule has 0 radical (unpaired) electrons. The van der Waals surface area contributed by atoms with Crippen molar-refractivity contribution in [3.05, 3.63) is 0 Å². The molecule has 1 unspecified atom stereocenters. The molecule has 1 heterocycles. The van der Waals surface area contributed by atoms with Gasteiger partial charge in [-0.25, -0.2) is 0 Å². The van der Waals surface area contributed by atoms with Crippen molar-refractivity contribution in [2.45, 2.75) is 37.4 Å². The molecule has 1 fully saturated rings. The maximum atomic E-state index is 13.0. The molecule has 1 rings (SSSR count). The Balaban J connectivity index is 2.98. The lowest BCUT2D eigenvalue weighted by atomic mass is 10.0. The Labute approximate surface area is 105 Å². The van der Waals surface area contributed by atoms with E-state index in [1.165, 1.54) is 7.05 Å². The Morgan fingerprint density at radius 2 is 1.74 bits per heavy atom. The Kier molecular flexibility index (Phi) is 4.36. The van der Waals surface area contributed by atoms with Gasteiger partial charge in [0.15, 0.2) is 0 Å². The average molecular weight is 288 g/mol. The molecule has 9 heteroatoms. The van der Waals surface area contributed by atoms with Crippen LogP contribution in [0.5, 0.6) is 0 Å². The SMILES string of the molecule is CNC(=O)C1CCCCN1C(=O)C(F)(F)C(F)(F)F. The van der Waals surface area contributed by atoms with Crippen molar-refractivity contribution >= 4 is 11.8 Å². The third kappa shape index (κ3) is 2.95. The second kappa shape index (κ2) is 5.30. The van der Waals surface area contributed by atoms with E-state index in [1.807, 2.05) is 0 Å². The minimum atomic E-state index is -5.96. The van der Waals surface area contributed by atoms with Gasteiger partial charge in [0, 0.05) is 13.6 Å². The molecule has 0 aromatic carbocycles. The van der Waals surface area contributed by atoms with Crippen molar-refractivity contribution in [2.24, 2.45) is 0 Å². The highest BCUT2D eigenvalue weighted by atomic mass is 19.4. The first-order valence-electron chi connectivity index (χ1n) is 5.60. The van der Waals surface area contributed by atoms with Gasteiger partial charge in [-0.15, -0.1) is 0 Å². The van der Waals surface area contributed by atoms with E-state index in [0.717, 1.165) is 0 Å². The Morgan fingerprint density at radius 3 is 2.21 bits per heavy atom. The molecular formula is C10H13F5N2O2. The van der Waals surface area contributed by atoms with Crippen LogP contribution in [0, 0.1) is 0 Å². The first-order valence-corrected chi connectivity index (χ1v) is 5.60. The molecule has 0 spiro atoms. The van der Waals surface area contributed by atoms with Crippen molar-refractivity contribution in [3.8, 4) is 0 Å². The highest BCUT2D eigenvalue weighted by Crippen LogP contribution is 2.38. The summed E-state index contributed by atoms with van der Waals surface area (Å²) in [6, 6.07) is -1.28. The summed E-state index contributed by atoms with van der Waals surface area (Å²) in [5.74, 6) is -8.59. The third-order valence-electron chi connectivity index (χ3n) is 2.94. The van der Waals surface area contributed by atoms with Gasteiger partial charge in [-0.1, -0.05) is 0 Å². The number of nitrogens with zero attached hydrogens (tertiary/aromatic N) is 1. The zero-order valence-corrected chi connectivity index (χ0v) is 10.1. The molecule has 0 aromatic heterocycles. The number of rotatable bonds is 2. The minimum absolute atomic E-state index is 0.0688. The molecule has 1 N–H and O–H groups in total. The van der Waals surface area contributed by atoms with E-state index < -0.39 is 30.0 Å². The molecule has 19 heavy (non-hydrogen) atoms. The van der Waals surface area contributed by atoms with Gasteiger partial charge < -0.3 is 10.2 Å². The Hall–Kier alpha value is -1.41. The molecule has 4 nitrogen and oxygen atoms in total. The highest BCUT2D eigenvalue weighted by molar-refractivity contribution is 5.91. The molecule has 1 aliphatic heterocycles. The minimum Gasteiger partial charge on any atom is -0.357 e. The van der Waals surface area contributed by atoms with Gasteiger partial charge in [-0.2, -0.15) is 22.0 Å². The van der Waals surface area contributed by atoms with E-state index in [4.69, 9.17) is 0 Å². The fourth-order valence-corrected chi connectivity index (χ4v) is 1.92. The van der Waals surface area contributed by atoms with Crippen molar-refractivity contribution in [3.63, 3.8) is 0 Å².